The van der Waals surface area contributed by atoms with E-state index in [9.17, 15) is 23.6 Å². The Balaban J connectivity index is 0.000000172. The van der Waals surface area contributed by atoms with Crippen molar-refractivity contribution < 1.29 is 66.6 Å². The molecule has 8 N–H and O–H groups in total. The predicted molar refractivity (Wildman–Crippen MR) is 247 cm³/mol. The summed E-state index contributed by atoms with van der Waals surface area (Å²) in [6.45, 7) is 7.91. The zero-order valence-electron chi connectivity index (χ0n) is 37.6. The first kappa shape index (κ1) is 50.6. The van der Waals surface area contributed by atoms with E-state index >= 15 is 0 Å². The SMILES string of the molecule is CC(C)(N)C(N)=O.CC(C)(NCc1ccc(Oc2ccc3c(c2)OCO3)cc1)C(N)=O.O=Cc1ccc(F)cc1.O=Cc1ccc(Oc2ccc3c(c2)OCO3)cc1.Oc1ccc2c(c1)OCO2. The standard InChI is InChI=1S/C18H20N2O4.C14H10O4.C7H5FO.C7H6O3.C4H10N2O/c1-18(2,17(19)21)20-10-12-3-5-13(6-4-12)24-14-7-8-15-16(9-14)23-11-22-15;15-8-10-1-3-11(4-2-10)18-12-5-6-13-14(7-12)17-9-16-13;8-7-3-1-6(5-9)2-4-7;8-5-1-2-6-7(3-5)10-4-9-6;1-4(2,6)3(5)7/h3-9,20H,10-11H2,1-2H3,(H2,19,21);1-8H,9H2;1-5H;1-3,8H,4H2;6H2,1-2H3,(H2,5,7). The van der Waals surface area contributed by atoms with Gasteiger partial charge >= 0.3 is 0 Å². The van der Waals surface area contributed by atoms with Crippen molar-refractivity contribution >= 4 is 24.4 Å². The quantitative estimate of drug-likeness (QED) is 0.0787. The molecule has 6 aromatic rings. The molecule has 18 heteroatoms. The Morgan fingerprint density at radius 1 is 0.574 bits per heavy atom. The molecule has 6 aromatic carbocycles. The number of hydrogen-bond acceptors (Lipinski definition) is 15. The minimum atomic E-state index is -0.861. The van der Waals surface area contributed by atoms with Crippen molar-refractivity contribution in [3.8, 4) is 63.2 Å². The molecule has 0 aliphatic carbocycles. The normalized spacial score (nSPS) is 12.1. The van der Waals surface area contributed by atoms with Crippen molar-refractivity contribution in [3.63, 3.8) is 0 Å². The van der Waals surface area contributed by atoms with Crippen LogP contribution < -0.4 is 60.4 Å². The molecule has 68 heavy (non-hydrogen) atoms. The molecule has 0 spiro atoms. The van der Waals surface area contributed by atoms with Gasteiger partial charge in [-0.3, -0.25) is 24.5 Å². The van der Waals surface area contributed by atoms with E-state index in [0.717, 1.165) is 23.3 Å². The van der Waals surface area contributed by atoms with E-state index in [4.69, 9.17) is 60.2 Å². The van der Waals surface area contributed by atoms with Gasteiger partial charge in [-0.05, 0) is 130 Å². The highest BCUT2D eigenvalue weighted by Gasteiger charge is 2.24. The number of benzene rings is 6. The van der Waals surface area contributed by atoms with Crippen molar-refractivity contribution in [1.29, 1.82) is 0 Å². The van der Waals surface area contributed by atoms with Gasteiger partial charge in [0.05, 0.1) is 11.1 Å². The van der Waals surface area contributed by atoms with Gasteiger partial charge in [-0.15, -0.1) is 0 Å². The van der Waals surface area contributed by atoms with Gasteiger partial charge in [0.1, 0.15) is 47.1 Å². The smallest absolute Gasteiger partial charge is 0.237 e. The van der Waals surface area contributed by atoms with Gasteiger partial charge in [-0.2, -0.15) is 0 Å². The van der Waals surface area contributed by atoms with Crippen LogP contribution in [0.1, 0.15) is 54.0 Å². The van der Waals surface area contributed by atoms with Gasteiger partial charge in [0.15, 0.2) is 34.5 Å². The van der Waals surface area contributed by atoms with Crippen LogP contribution in [-0.2, 0) is 16.1 Å². The van der Waals surface area contributed by atoms with E-state index in [0.29, 0.717) is 70.0 Å². The fourth-order valence-corrected chi connectivity index (χ4v) is 5.28. The van der Waals surface area contributed by atoms with E-state index in [-0.39, 0.29) is 37.9 Å². The number of fused-ring (bicyclic) bond motifs is 3. The second-order valence-electron chi connectivity index (χ2n) is 15.7. The maximum atomic E-state index is 12.1. The first-order valence-electron chi connectivity index (χ1n) is 20.6. The maximum absolute atomic E-state index is 12.1. The molecular weight excluding hydrogens is 884 g/mol. The fraction of sp³-hybridized carbons (Fsp3) is 0.200. The van der Waals surface area contributed by atoms with E-state index < -0.39 is 17.0 Å². The Morgan fingerprint density at radius 3 is 1.35 bits per heavy atom. The summed E-state index contributed by atoms with van der Waals surface area (Å²) in [5.41, 5.74) is 15.9. The van der Waals surface area contributed by atoms with Gasteiger partial charge < -0.3 is 60.2 Å². The molecule has 3 heterocycles. The number of aldehydes is 2. The summed E-state index contributed by atoms with van der Waals surface area (Å²) in [5, 5.41) is 12.1. The Kier molecular flexibility index (Phi) is 17.7. The number of aromatic hydroxyl groups is 1. The highest BCUT2D eigenvalue weighted by Crippen LogP contribution is 2.38. The molecule has 0 radical (unpaired) electrons. The number of hydrogen-bond donors (Lipinski definition) is 5. The number of carbonyl (C=O) groups excluding carboxylic acids is 4. The monoisotopic (exact) mass is 934 g/mol. The lowest BCUT2D eigenvalue weighted by atomic mass is 10.0. The summed E-state index contributed by atoms with van der Waals surface area (Å²) in [5.74, 6) is 5.85. The van der Waals surface area contributed by atoms with Crippen molar-refractivity contribution in [2.75, 3.05) is 20.4 Å². The zero-order chi connectivity index (χ0) is 49.3. The number of amides is 2. The fourth-order valence-electron chi connectivity index (χ4n) is 5.28. The number of primary amides is 2. The van der Waals surface area contributed by atoms with Crippen LogP contribution in [0.5, 0.6) is 63.2 Å². The van der Waals surface area contributed by atoms with E-state index in [2.05, 4.69) is 5.32 Å². The predicted octanol–water partition coefficient (Wildman–Crippen LogP) is 7.55. The number of nitrogens with two attached hydrogens (primary N) is 3. The number of phenolic OH excluding ortho intramolecular Hbond substituents is 1. The molecule has 2 amide bonds. The molecule has 0 fully saturated rings. The van der Waals surface area contributed by atoms with Crippen molar-refractivity contribution in [2.24, 2.45) is 17.2 Å². The number of rotatable bonds is 11. The molecule has 0 bridgehead atoms. The summed E-state index contributed by atoms with van der Waals surface area (Å²) < 4.78 is 54.7. The molecule has 0 saturated carbocycles. The number of nitrogens with one attached hydrogen (secondary N) is 1. The minimum absolute atomic E-state index is 0.198. The Labute approximate surface area is 391 Å². The number of ether oxygens (including phenoxy) is 8. The lowest BCUT2D eigenvalue weighted by Crippen LogP contribution is -2.50. The molecular formula is C50H51FN4O13. The molecule has 356 valence electrons. The highest BCUT2D eigenvalue weighted by molar-refractivity contribution is 5.83. The van der Waals surface area contributed by atoms with E-state index in [1.54, 1.807) is 88.4 Å². The average molecular weight is 935 g/mol. The molecule has 3 aliphatic rings. The summed E-state index contributed by atoms with van der Waals surface area (Å²) in [7, 11) is 0. The van der Waals surface area contributed by atoms with Crippen LogP contribution in [0, 0.1) is 5.82 Å². The van der Waals surface area contributed by atoms with Gasteiger partial charge in [-0.1, -0.05) is 12.1 Å². The van der Waals surface area contributed by atoms with Crippen LogP contribution in [0.3, 0.4) is 0 Å². The lowest BCUT2D eigenvalue weighted by molar-refractivity contribution is -0.123. The molecule has 0 unspecified atom stereocenters. The van der Waals surface area contributed by atoms with Crippen molar-refractivity contribution in [2.45, 2.75) is 45.3 Å². The van der Waals surface area contributed by atoms with Crippen LogP contribution in [-0.4, -0.2) is 60.9 Å². The minimum Gasteiger partial charge on any atom is -0.508 e. The highest BCUT2D eigenvalue weighted by atomic mass is 19.1. The third-order valence-electron chi connectivity index (χ3n) is 9.45. The first-order valence-corrected chi connectivity index (χ1v) is 20.6. The average Bonchev–Trinajstić information content (AvgIpc) is 4.11. The van der Waals surface area contributed by atoms with Gasteiger partial charge in [0.25, 0.3) is 0 Å². The van der Waals surface area contributed by atoms with E-state index in [1.807, 2.05) is 36.4 Å². The third-order valence-corrected chi connectivity index (χ3v) is 9.45. The molecule has 0 saturated heterocycles. The van der Waals surface area contributed by atoms with Gasteiger partial charge in [-0.25, -0.2) is 4.39 Å². The van der Waals surface area contributed by atoms with Crippen LogP contribution in [0.25, 0.3) is 0 Å². The largest absolute Gasteiger partial charge is 0.508 e. The summed E-state index contributed by atoms with van der Waals surface area (Å²) >= 11 is 0. The second-order valence-corrected chi connectivity index (χ2v) is 15.7. The zero-order valence-corrected chi connectivity index (χ0v) is 37.6. The number of phenols is 1. The van der Waals surface area contributed by atoms with Crippen molar-refractivity contribution in [1.82, 2.24) is 5.32 Å². The first-order chi connectivity index (χ1) is 32.4. The Morgan fingerprint density at radius 2 is 0.941 bits per heavy atom. The summed E-state index contributed by atoms with van der Waals surface area (Å²) in [6.07, 6.45) is 1.48. The lowest BCUT2D eigenvalue weighted by Gasteiger charge is -2.22. The third kappa shape index (κ3) is 15.7. The van der Waals surface area contributed by atoms with Crippen LogP contribution >= 0.6 is 0 Å². The maximum Gasteiger partial charge on any atom is 0.237 e. The van der Waals surface area contributed by atoms with Crippen LogP contribution in [0.4, 0.5) is 4.39 Å². The summed E-state index contributed by atoms with van der Waals surface area (Å²) in [6, 6.07) is 35.5. The van der Waals surface area contributed by atoms with Gasteiger partial charge in [0.2, 0.25) is 32.2 Å². The number of halogens is 1. The Bertz CT molecular complexity index is 2640. The second kappa shape index (κ2) is 23.7. The van der Waals surface area contributed by atoms with Crippen LogP contribution in [0.15, 0.2) is 127 Å². The van der Waals surface area contributed by atoms with Crippen LogP contribution in [0.2, 0.25) is 0 Å². The molecule has 0 atom stereocenters. The van der Waals surface area contributed by atoms with Crippen molar-refractivity contribution in [3.05, 3.63) is 150 Å². The Hall–Kier alpha value is -8.35. The van der Waals surface area contributed by atoms with Gasteiger partial charge in [0, 0.05) is 35.9 Å². The molecule has 9 rings (SSSR count). The topological polar surface area (TPSA) is 252 Å². The number of carbonyl (C=O) groups is 4. The van der Waals surface area contributed by atoms with E-state index in [1.165, 1.54) is 30.3 Å². The molecule has 17 nitrogen and oxygen atoms in total. The summed E-state index contributed by atoms with van der Waals surface area (Å²) in [4.78, 5) is 41.9. The molecule has 3 aliphatic heterocycles. The molecule has 0 aromatic heterocycles.